The SMILES string of the molecule is CCCCCCCCCCOC(=O)C=CC(=O)[O-].CCCCCCCCCCOC(=O)C=CC(=O)[O-].[Ca+2]. The van der Waals surface area contributed by atoms with Crippen molar-refractivity contribution >= 4 is 61.6 Å². The maximum Gasteiger partial charge on any atom is 2.00 e. The smallest absolute Gasteiger partial charge is 0.545 e. The van der Waals surface area contributed by atoms with E-state index in [2.05, 4.69) is 13.8 Å². The summed E-state index contributed by atoms with van der Waals surface area (Å²) in [4.78, 5) is 42.0. The molecule has 8 nitrogen and oxygen atoms in total. The van der Waals surface area contributed by atoms with Gasteiger partial charge in [0.25, 0.3) is 0 Å². The van der Waals surface area contributed by atoms with Crippen molar-refractivity contribution in [2.24, 2.45) is 0 Å². The molecule has 0 aliphatic heterocycles. The first-order valence-electron chi connectivity index (χ1n) is 13.4. The van der Waals surface area contributed by atoms with E-state index in [1.54, 1.807) is 0 Å². The molecule has 0 aromatic rings. The number of hydrogen-bond acceptors (Lipinski definition) is 8. The Labute approximate surface area is 253 Å². The minimum Gasteiger partial charge on any atom is -0.545 e. The van der Waals surface area contributed by atoms with Crippen molar-refractivity contribution in [3.63, 3.8) is 0 Å². The van der Waals surface area contributed by atoms with Gasteiger partial charge in [0.2, 0.25) is 0 Å². The molecule has 0 bridgehead atoms. The molecule has 0 amide bonds. The first-order valence-corrected chi connectivity index (χ1v) is 13.4. The van der Waals surface area contributed by atoms with Crippen molar-refractivity contribution in [3.8, 4) is 0 Å². The summed E-state index contributed by atoms with van der Waals surface area (Å²) in [6.07, 6.45) is 22.0. The van der Waals surface area contributed by atoms with Crippen molar-refractivity contribution in [2.75, 3.05) is 13.2 Å². The molecule has 0 spiro atoms. The minimum absolute atomic E-state index is 0. The fourth-order valence-corrected chi connectivity index (χ4v) is 3.19. The monoisotopic (exact) mass is 550 g/mol. The number of unbranched alkanes of at least 4 members (excludes halogenated alkanes) is 14. The molecule has 0 saturated heterocycles. The maximum absolute atomic E-state index is 11.0. The first kappa shape index (κ1) is 40.1. The second kappa shape index (κ2) is 32.6. The molecule has 0 rings (SSSR count). The summed E-state index contributed by atoms with van der Waals surface area (Å²) in [7, 11) is 0. The third-order valence-corrected chi connectivity index (χ3v) is 5.20. The zero-order chi connectivity index (χ0) is 27.3. The standard InChI is InChI=1S/2C14H24O4.Ca/c2*1-2-3-4-5-6-7-8-9-12-18-14(17)11-10-13(15)16;/h2*10-11H,2-9,12H2,1H3,(H,15,16);/q;;+2/p-2. The Morgan fingerprint density at radius 1 is 0.486 bits per heavy atom. The summed E-state index contributed by atoms with van der Waals surface area (Å²) < 4.78 is 9.64. The van der Waals surface area contributed by atoms with E-state index in [1.165, 1.54) is 64.2 Å². The number of carbonyl (C=O) groups is 4. The molecule has 0 atom stereocenters. The predicted octanol–water partition coefficient (Wildman–Crippen LogP) is 3.57. The van der Waals surface area contributed by atoms with Gasteiger partial charge in [0.05, 0.1) is 25.2 Å². The Kier molecular flexibility index (Phi) is 35.4. The largest absolute Gasteiger partial charge is 2.00 e. The van der Waals surface area contributed by atoms with Crippen LogP contribution in [0.3, 0.4) is 0 Å². The van der Waals surface area contributed by atoms with Crippen LogP contribution in [0.15, 0.2) is 24.3 Å². The van der Waals surface area contributed by atoms with Crippen molar-refractivity contribution in [2.45, 2.75) is 117 Å². The van der Waals surface area contributed by atoms with Gasteiger partial charge in [-0.1, -0.05) is 104 Å². The van der Waals surface area contributed by atoms with Crippen LogP contribution in [0.5, 0.6) is 0 Å². The average Bonchev–Trinajstić information content (AvgIpc) is 2.84. The van der Waals surface area contributed by atoms with Gasteiger partial charge < -0.3 is 29.3 Å². The van der Waals surface area contributed by atoms with Gasteiger partial charge in [-0.2, -0.15) is 0 Å². The molecular weight excluding hydrogens is 504 g/mol. The quantitative estimate of drug-likeness (QED) is 0.0865. The molecular formula is C28H46CaO8. The van der Waals surface area contributed by atoms with Gasteiger partial charge in [-0.15, -0.1) is 0 Å². The van der Waals surface area contributed by atoms with E-state index in [9.17, 15) is 29.4 Å². The Morgan fingerprint density at radius 2 is 0.757 bits per heavy atom. The summed E-state index contributed by atoms with van der Waals surface area (Å²) in [5.74, 6) is -4.03. The summed E-state index contributed by atoms with van der Waals surface area (Å²) in [5, 5.41) is 20.0. The molecule has 0 N–H and O–H groups in total. The van der Waals surface area contributed by atoms with Gasteiger partial charge in [0.1, 0.15) is 0 Å². The number of carbonyl (C=O) groups excluding carboxylic acids is 4. The van der Waals surface area contributed by atoms with Crippen LogP contribution in [0, 0.1) is 0 Å². The van der Waals surface area contributed by atoms with Gasteiger partial charge in [-0.05, 0) is 25.0 Å². The van der Waals surface area contributed by atoms with E-state index in [4.69, 9.17) is 9.47 Å². The van der Waals surface area contributed by atoms with Gasteiger partial charge in [-0.25, -0.2) is 9.59 Å². The molecule has 0 aromatic heterocycles. The number of hydrogen-bond donors (Lipinski definition) is 0. The average molecular weight is 551 g/mol. The van der Waals surface area contributed by atoms with E-state index in [1.807, 2.05) is 0 Å². The van der Waals surface area contributed by atoms with Crippen LogP contribution >= 0.6 is 0 Å². The van der Waals surface area contributed by atoms with E-state index < -0.39 is 23.9 Å². The maximum atomic E-state index is 11.0. The van der Waals surface area contributed by atoms with Crippen molar-refractivity contribution < 1.29 is 38.9 Å². The molecule has 0 aliphatic carbocycles. The fourth-order valence-electron chi connectivity index (χ4n) is 3.19. The Bertz CT molecular complexity index is 578. The fraction of sp³-hybridized carbons (Fsp3) is 0.714. The third-order valence-electron chi connectivity index (χ3n) is 5.20. The predicted molar refractivity (Wildman–Crippen MR) is 141 cm³/mol. The Balaban J connectivity index is -0.000000608. The molecule has 0 aliphatic rings. The van der Waals surface area contributed by atoms with E-state index in [0.29, 0.717) is 25.4 Å². The van der Waals surface area contributed by atoms with Crippen LogP contribution in [0.2, 0.25) is 0 Å². The number of aliphatic carboxylic acids is 2. The third kappa shape index (κ3) is 39.3. The van der Waals surface area contributed by atoms with Crippen LogP contribution < -0.4 is 10.2 Å². The minimum atomic E-state index is -1.39. The molecule has 9 heteroatoms. The van der Waals surface area contributed by atoms with Crippen LogP contribution in [0.4, 0.5) is 0 Å². The molecule has 0 unspecified atom stereocenters. The second-order valence-electron chi connectivity index (χ2n) is 8.59. The molecule has 0 radical (unpaired) electrons. The van der Waals surface area contributed by atoms with Crippen LogP contribution in [-0.2, 0) is 28.7 Å². The van der Waals surface area contributed by atoms with Crippen LogP contribution in [-0.4, -0.2) is 74.8 Å². The van der Waals surface area contributed by atoms with Gasteiger partial charge >= 0.3 is 49.7 Å². The van der Waals surface area contributed by atoms with E-state index in [-0.39, 0.29) is 37.7 Å². The number of rotatable bonds is 22. The number of esters is 2. The number of ether oxygens (including phenoxy) is 2. The zero-order valence-corrected chi connectivity index (χ0v) is 25.2. The zero-order valence-electron chi connectivity index (χ0n) is 23.0. The summed E-state index contributed by atoms with van der Waals surface area (Å²) in [6.45, 7) is 5.10. The van der Waals surface area contributed by atoms with Crippen molar-refractivity contribution in [1.29, 1.82) is 0 Å². The molecule has 37 heavy (non-hydrogen) atoms. The Morgan fingerprint density at radius 3 is 1.03 bits per heavy atom. The van der Waals surface area contributed by atoms with Crippen molar-refractivity contribution in [3.05, 3.63) is 24.3 Å². The first-order chi connectivity index (χ1) is 17.3. The molecule has 0 saturated carbocycles. The van der Waals surface area contributed by atoms with Crippen LogP contribution in [0.25, 0.3) is 0 Å². The van der Waals surface area contributed by atoms with Gasteiger partial charge in [-0.3, -0.25) is 0 Å². The van der Waals surface area contributed by atoms with Gasteiger partial charge in [0, 0.05) is 12.2 Å². The van der Waals surface area contributed by atoms with Gasteiger partial charge in [0.15, 0.2) is 0 Å². The normalized spacial score (nSPS) is 10.4. The Hall–Kier alpha value is -1.38. The molecule has 0 aromatic carbocycles. The van der Waals surface area contributed by atoms with Crippen molar-refractivity contribution in [1.82, 2.24) is 0 Å². The number of carboxylic acids is 2. The molecule has 208 valence electrons. The topological polar surface area (TPSA) is 133 Å². The molecule has 0 heterocycles. The van der Waals surface area contributed by atoms with E-state index in [0.717, 1.165) is 50.7 Å². The summed E-state index contributed by atoms with van der Waals surface area (Å²) >= 11 is 0. The van der Waals surface area contributed by atoms with E-state index >= 15 is 0 Å². The number of carboxylic acid groups (broad SMARTS) is 2. The summed E-state index contributed by atoms with van der Waals surface area (Å²) in [5.41, 5.74) is 0. The van der Waals surface area contributed by atoms with Crippen LogP contribution in [0.1, 0.15) is 117 Å². The summed E-state index contributed by atoms with van der Waals surface area (Å²) in [6, 6.07) is 0. The molecule has 0 fully saturated rings. The second-order valence-corrected chi connectivity index (χ2v) is 8.59.